The molecule has 0 bridgehead atoms. The zero-order chi connectivity index (χ0) is 13.8. The Bertz CT molecular complexity index is 457. The molecule has 0 spiro atoms. The number of carboxylic acids is 1. The Labute approximate surface area is 112 Å². The van der Waals surface area contributed by atoms with Crippen LogP contribution in [0.4, 0.5) is 0 Å². The van der Waals surface area contributed by atoms with Crippen molar-refractivity contribution >= 4 is 5.97 Å². The second-order valence-electron chi connectivity index (χ2n) is 4.63. The highest BCUT2D eigenvalue weighted by atomic mass is 16.5. The third-order valence-electron chi connectivity index (χ3n) is 3.05. The van der Waals surface area contributed by atoms with Crippen LogP contribution < -0.4 is 9.47 Å². The van der Waals surface area contributed by atoms with Gasteiger partial charge in [-0.05, 0) is 18.6 Å². The van der Waals surface area contributed by atoms with Crippen LogP contribution in [0.15, 0.2) is 18.2 Å². The van der Waals surface area contributed by atoms with E-state index in [2.05, 4.69) is 0 Å². The lowest BCUT2D eigenvalue weighted by Crippen LogP contribution is -2.24. The molecule has 5 nitrogen and oxygen atoms in total. The first-order valence-corrected chi connectivity index (χ1v) is 6.28. The van der Waals surface area contributed by atoms with Gasteiger partial charge >= 0.3 is 5.97 Å². The van der Waals surface area contributed by atoms with E-state index in [0.717, 1.165) is 12.0 Å². The molecule has 1 N–H and O–H groups in total. The standard InChI is InChI=1S/C14H18O5/c1-9(5-6-17-2)18-11-4-3-10-7-13(14(15)16)19-12(10)8-11/h3-4,8-9,13H,5-7H2,1-2H3,(H,15,16). The number of methoxy groups -OCH3 is 1. The Kier molecular flexibility index (Phi) is 4.27. The first-order valence-electron chi connectivity index (χ1n) is 6.28. The Morgan fingerprint density at radius 1 is 1.58 bits per heavy atom. The molecule has 1 aromatic carbocycles. The maximum absolute atomic E-state index is 10.9. The van der Waals surface area contributed by atoms with Crippen molar-refractivity contribution in [3.8, 4) is 11.5 Å². The Morgan fingerprint density at radius 3 is 3.05 bits per heavy atom. The van der Waals surface area contributed by atoms with Gasteiger partial charge in [-0.25, -0.2) is 4.79 Å². The zero-order valence-corrected chi connectivity index (χ0v) is 11.1. The lowest BCUT2D eigenvalue weighted by atomic mass is 10.1. The van der Waals surface area contributed by atoms with E-state index in [9.17, 15) is 4.79 Å². The van der Waals surface area contributed by atoms with Gasteiger partial charge < -0.3 is 19.3 Å². The molecule has 5 heteroatoms. The molecule has 104 valence electrons. The molecule has 2 rings (SSSR count). The minimum absolute atomic E-state index is 0.0367. The summed E-state index contributed by atoms with van der Waals surface area (Å²) in [4.78, 5) is 10.9. The SMILES string of the molecule is COCCC(C)Oc1ccc2c(c1)OC(C(=O)O)C2. The second-order valence-corrected chi connectivity index (χ2v) is 4.63. The molecule has 19 heavy (non-hydrogen) atoms. The molecular weight excluding hydrogens is 248 g/mol. The molecule has 2 atom stereocenters. The zero-order valence-electron chi connectivity index (χ0n) is 11.1. The van der Waals surface area contributed by atoms with Gasteiger partial charge in [-0.3, -0.25) is 0 Å². The van der Waals surface area contributed by atoms with E-state index >= 15 is 0 Å². The van der Waals surface area contributed by atoms with Crippen LogP contribution in [0.3, 0.4) is 0 Å². The van der Waals surface area contributed by atoms with Gasteiger partial charge in [-0.1, -0.05) is 6.07 Å². The number of ether oxygens (including phenoxy) is 3. The molecular formula is C14H18O5. The fourth-order valence-corrected chi connectivity index (χ4v) is 1.99. The van der Waals surface area contributed by atoms with Crippen LogP contribution in [-0.4, -0.2) is 37.0 Å². The third-order valence-corrected chi connectivity index (χ3v) is 3.05. The highest BCUT2D eigenvalue weighted by Crippen LogP contribution is 2.32. The predicted molar refractivity (Wildman–Crippen MR) is 68.8 cm³/mol. The summed E-state index contributed by atoms with van der Waals surface area (Å²) in [6.45, 7) is 2.61. The van der Waals surface area contributed by atoms with Gasteiger partial charge in [0, 0.05) is 32.6 Å². The fraction of sp³-hybridized carbons (Fsp3) is 0.500. The molecule has 1 aliphatic heterocycles. The monoisotopic (exact) mass is 266 g/mol. The largest absolute Gasteiger partial charge is 0.490 e. The van der Waals surface area contributed by atoms with Crippen molar-refractivity contribution in [1.29, 1.82) is 0 Å². The van der Waals surface area contributed by atoms with Gasteiger partial charge in [0.25, 0.3) is 0 Å². The van der Waals surface area contributed by atoms with Crippen LogP contribution in [0.25, 0.3) is 0 Å². The van der Waals surface area contributed by atoms with Gasteiger partial charge in [0.05, 0.1) is 6.10 Å². The molecule has 0 aromatic heterocycles. The molecule has 1 aromatic rings. The summed E-state index contributed by atoms with van der Waals surface area (Å²) in [6.07, 6.45) is 0.460. The number of carboxylic acid groups (broad SMARTS) is 1. The average molecular weight is 266 g/mol. The van der Waals surface area contributed by atoms with E-state index in [1.807, 2.05) is 19.1 Å². The molecule has 0 fully saturated rings. The van der Waals surface area contributed by atoms with E-state index in [4.69, 9.17) is 19.3 Å². The first kappa shape index (κ1) is 13.7. The molecule has 0 saturated heterocycles. The number of fused-ring (bicyclic) bond motifs is 1. The maximum atomic E-state index is 10.9. The van der Waals surface area contributed by atoms with Crippen molar-refractivity contribution in [2.24, 2.45) is 0 Å². The minimum atomic E-state index is -0.938. The summed E-state index contributed by atoms with van der Waals surface area (Å²) in [5, 5.41) is 8.93. The van der Waals surface area contributed by atoms with Crippen LogP contribution in [0.2, 0.25) is 0 Å². The Balaban J connectivity index is 1.99. The summed E-state index contributed by atoms with van der Waals surface area (Å²) in [7, 11) is 1.65. The van der Waals surface area contributed by atoms with Crippen molar-refractivity contribution in [3.63, 3.8) is 0 Å². The van der Waals surface area contributed by atoms with Crippen LogP contribution in [0, 0.1) is 0 Å². The molecule has 0 saturated carbocycles. The number of aliphatic carboxylic acids is 1. The summed E-state index contributed by atoms with van der Waals surface area (Å²) in [6, 6.07) is 5.45. The fourth-order valence-electron chi connectivity index (χ4n) is 1.99. The Morgan fingerprint density at radius 2 is 2.37 bits per heavy atom. The van der Waals surface area contributed by atoms with Gasteiger partial charge in [0.15, 0.2) is 6.10 Å². The van der Waals surface area contributed by atoms with Gasteiger partial charge in [0.1, 0.15) is 11.5 Å². The van der Waals surface area contributed by atoms with Crippen molar-refractivity contribution in [2.45, 2.75) is 32.0 Å². The molecule has 0 radical (unpaired) electrons. The molecule has 1 aliphatic rings. The van der Waals surface area contributed by atoms with E-state index in [0.29, 0.717) is 24.5 Å². The third kappa shape index (κ3) is 3.38. The van der Waals surface area contributed by atoms with Crippen LogP contribution >= 0.6 is 0 Å². The van der Waals surface area contributed by atoms with Crippen molar-refractivity contribution in [1.82, 2.24) is 0 Å². The lowest BCUT2D eigenvalue weighted by molar-refractivity contribution is -0.144. The van der Waals surface area contributed by atoms with E-state index < -0.39 is 12.1 Å². The smallest absolute Gasteiger partial charge is 0.345 e. The Hall–Kier alpha value is -1.75. The topological polar surface area (TPSA) is 65.0 Å². The number of benzene rings is 1. The van der Waals surface area contributed by atoms with Crippen molar-refractivity contribution < 1.29 is 24.1 Å². The van der Waals surface area contributed by atoms with Crippen LogP contribution in [0.1, 0.15) is 18.9 Å². The second kappa shape index (κ2) is 5.93. The van der Waals surface area contributed by atoms with Crippen molar-refractivity contribution in [2.75, 3.05) is 13.7 Å². The number of carbonyl (C=O) groups is 1. The van der Waals surface area contributed by atoms with Crippen LogP contribution in [0.5, 0.6) is 11.5 Å². The minimum Gasteiger partial charge on any atom is -0.490 e. The van der Waals surface area contributed by atoms with E-state index in [-0.39, 0.29) is 6.10 Å². The number of hydrogen-bond donors (Lipinski definition) is 1. The quantitative estimate of drug-likeness (QED) is 0.851. The summed E-state index contributed by atoms with van der Waals surface area (Å²) >= 11 is 0. The highest BCUT2D eigenvalue weighted by molar-refractivity contribution is 5.74. The average Bonchev–Trinajstić information content (AvgIpc) is 2.79. The predicted octanol–water partition coefficient (Wildman–Crippen LogP) is 1.88. The van der Waals surface area contributed by atoms with Gasteiger partial charge in [-0.15, -0.1) is 0 Å². The molecule has 0 aliphatic carbocycles. The maximum Gasteiger partial charge on any atom is 0.345 e. The number of rotatable bonds is 6. The van der Waals surface area contributed by atoms with E-state index in [1.165, 1.54) is 0 Å². The normalized spacial score (nSPS) is 18.5. The summed E-state index contributed by atoms with van der Waals surface area (Å²) in [5.41, 5.74) is 0.907. The van der Waals surface area contributed by atoms with Gasteiger partial charge in [0.2, 0.25) is 0 Å². The summed E-state index contributed by atoms with van der Waals surface area (Å²) in [5.74, 6) is 0.351. The lowest BCUT2D eigenvalue weighted by Gasteiger charge is -2.14. The molecule has 0 amide bonds. The summed E-state index contributed by atoms with van der Waals surface area (Å²) < 4.78 is 16.1. The molecule has 2 unspecified atom stereocenters. The highest BCUT2D eigenvalue weighted by Gasteiger charge is 2.29. The van der Waals surface area contributed by atoms with E-state index in [1.54, 1.807) is 13.2 Å². The molecule has 1 heterocycles. The number of hydrogen-bond acceptors (Lipinski definition) is 4. The van der Waals surface area contributed by atoms with Crippen molar-refractivity contribution in [3.05, 3.63) is 23.8 Å². The van der Waals surface area contributed by atoms with Crippen LogP contribution in [-0.2, 0) is 16.0 Å². The first-order chi connectivity index (χ1) is 9.10. The van der Waals surface area contributed by atoms with Gasteiger partial charge in [-0.2, -0.15) is 0 Å².